The maximum absolute atomic E-state index is 13.1. The minimum atomic E-state index is -4.82. The second-order valence-corrected chi connectivity index (χ2v) is 7.16. The maximum atomic E-state index is 13.1. The number of fused-ring (bicyclic) bond motifs is 1. The topological polar surface area (TPSA) is 89.5 Å². The van der Waals surface area contributed by atoms with E-state index >= 15 is 0 Å². The van der Waals surface area contributed by atoms with Gasteiger partial charge < -0.3 is 10.6 Å². The zero-order valence-corrected chi connectivity index (χ0v) is 14.4. The molecule has 1 aromatic carbocycles. The van der Waals surface area contributed by atoms with Gasteiger partial charge in [-0.25, -0.2) is 0 Å². The van der Waals surface area contributed by atoms with Crippen molar-refractivity contribution in [1.29, 1.82) is 0 Å². The van der Waals surface area contributed by atoms with Crippen molar-refractivity contribution in [3.8, 4) is 0 Å². The third-order valence-electron chi connectivity index (χ3n) is 5.26. The van der Waals surface area contributed by atoms with E-state index in [4.69, 9.17) is 17.3 Å². The predicted octanol–water partition coefficient (Wildman–Crippen LogP) is 3.89. The van der Waals surface area contributed by atoms with E-state index in [-0.39, 0.29) is 17.6 Å². The minimum Gasteiger partial charge on any atom is -0.368 e. The molecule has 26 heavy (non-hydrogen) atoms. The van der Waals surface area contributed by atoms with Crippen LogP contribution in [0.4, 0.5) is 24.5 Å². The van der Waals surface area contributed by atoms with Gasteiger partial charge in [-0.2, -0.15) is 13.2 Å². The lowest BCUT2D eigenvalue weighted by atomic mass is 9.84. The highest BCUT2D eigenvalue weighted by Crippen LogP contribution is 2.47. The van der Waals surface area contributed by atoms with E-state index in [9.17, 15) is 28.1 Å². The molecule has 1 saturated carbocycles. The van der Waals surface area contributed by atoms with Gasteiger partial charge in [-0.15, -0.1) is 0 Å². The summed E-state index contributed by atoms with van der Waals surface area (Å²) >= 11 is 5.79. The van der Waals surface area contributed by atoms with Gasteiger partial charge in [-0.1, -0.05) is 24.4 Å². The maximum Gasteiger partial charge on any atom is 0.418 e. The number of carbonyl (C=O) groups excluding carboxylic acids is 1. The lowest BCUT2D eigenvalue weighted by Gasteiger charge is -2.34. The molecular weight excluding hydrogens is 375 g/mol. The summed E-state index contributed by atoms with van der Waals surface area (Å²) in [6.45, 7) is 0. The summed E-state index contributed by atoms with van der Waals surface area (Å²) in [6.07, 6.45) is -0.962. The highest BCUT2D eigenvalue weighted by Gasteiger charge is 2.47. The molecule has 1 aliphatic heterocycles. The molecule has 2 aliphatic rings. The Morgan fingerprint density at radius 1 is 1.31 bits per heavy atom. The number of primary amides is 1. The molecule has 3 atom stereocenters. The summed E-state index contributed by atoms with van der Waals surface area (Å²) in [5.74, 6) is -0.522. The number of hydrogen-bond donors (Lipinski definition) is 1. The number of nitro benzene ring substituents is 1. The van der Waals surface area contributed by atoms with Gasteiger partial charge in [-0.05, 0) is 31.2 Å². The molecule has 10 heteroatoms. The minimum absolute atomic E-state index is 0.0776. The van der Waals surface area contributed by atoms with Crippen molar-refractivity contribution in [2.45, 2.75) is 50.4 Å². The van der Waals surface area contributed by atoms with Crippen molar-refractivity contribution in [2.75, 3.05) is 4.90 Å². The number of halogens is 4. The van der Waals surface area contributed by atoms with Crippen molar-refractivity contribution >= 4 is 28.9 Å². The Hall–Kier alpha value is -2.03. The molecule has 1 amide bonds. The van der Waals surface area contributed by atoms with Gasteiger partial charge in [0.1, 0.15) is 11.7 Å². The number of hydrogen-bond acceptors (Lipinski definition) is 4. The molecule has 0 spiro atoms. The predicted molar refractivity (Wildman–Crippen MR) is 88.9 cm³/mol. The number of alkyl halides is 3. The zero-order valence-electron chi connectivity index (χ0n) is 13.6. The van der Waals surface area contributed by atoms with Gasteiger partial charge in [0.05, 0.1) is 15.5 Å². The molecule has 1 heterocycles. The average Bonchev–Trinajstić information content (AvgIpc) is 2.92. The van der Waals surface area contributed by atoms with E-state index in [2.05, 4.69) is 0 Å². The highest BCUT2D eigenvalue weighted by molar-refractivity contribution is 6.32. The highest BCUT2D eigenvalue weighted by atomic mass is 35.5. The van der Waals surface area contributed by atoms with Crippen molar-refractivity contribution in [1.82, 2.24) is 0 Å². The summed E-state index contributed by atoms with van der Waals surface area (Å²) in [5, 5.41) is 10.8. The van der Waals surface area contributed by atoms with Crippen molar-refractivity contribution in [3.63, 3.8) is 0 Å². The molecule has 0 unspecified atom stereocenters. The van der Waals surface area contributed by atoms with Crippen LogP contribution in [0.15, 0.2) is 12.1 Å². The summed E-state index contributed by atoms with van der Waals surface area (Å²) in [7, 11) is 0. The van der Waals surface area contributed by atoms with E-state index in [0.717, 1.165) is 25.3 Å². The van der Waals surface area contributed by atoms with Gasteiger partial charge in [-0.3, -0.25) is 14.9 Å². The van der Waals surface area contributed by atoms with Crippen LogP contribution < -0.4 is 10.6 Å². The molecule has 6 nitrogen and oxygen atoms in total. The van der Waals surface area contributed by atoms with Crippen molar-refractivity contribution in [2.24, 2.45) is 11.7 Å². The fraction of sp³-hybridized carbons (Fsp3) is 0.562. The molecule has 142 valence electrons. The van der Waals surface area contributed by atoms with Crippen LogP contribution in [-0.2, 0) is 11.0 Å². The molecule has 1 aliphatic carbocycles. The molecule has 0 radical (unpaired) electrons. The molecule has 3 rings (SSSR count). The Labute approximate surface area is 152 Å². The Morgan fingerprint density at radius 2 is 1.96 bits per heavy atom. The fourth-order valence-electron chi connectivity index (χ4n) is 4.18. The molecule has 2 fully saturated rings. The van der Waals surface area contributed by atoms with Gasteiger partial charge >= 0.3 is 6.18 Å². The normalized spacial score (nSPS) is 25.8. The summed E-state index contributed by atoms with van der Waals surface area (Å²) in [4.78, 5) is 24.0. The number of anilines is 1. The molecule has 0 bridgehead atoms. The summed E-state index contributed by atoms with van der Waals surface area (Å²) < 4.78 is 39.2. The number of benzene rings is 1. The first kappa shape index (κ1) is 18.8. The van der Waals surface area contributed by atoms with Crippen LogP contribution in [0.1, 0.15) is 37.7 Å². The molecule has 0 aromatic heterocycles. The summed E-state index contributed by atoms with van der Waals surface area (Å²) in [6, 6.07) is 0.406. The van der Waals surface area contributed by atoms with Crippen LogP contribution in [-0.4, -0.2) is 22.9 Å². The molecule has 1 saturated heterocycles. The Bertz CT molecular complexity index is 756. The first-order valence-electron chi connectivity index (χ1n) is 8.24. The number of rotatable bonds is 3. The number of nitrogens with zero attached hydrogens (tertiary/aromatic N) is 2. The Morgan fingerprint density at radius 3 is 2.54 bits per heavy atom. The van der Waals surface area contributed by atoms with Gasteiger partial charge in [0, 0.05) is 12.1 Å². The molecule has 1 aromatic rings. The quantitative estimate of drug-likeness (QED) is 0.625. The van der Waals surface area contributed by atoms with Gasteiger partial charge in [0.25, 0.3) is 5.69 Å². The third kappa shape index (κ3) is 3.20. The third-order valence-corrected chi connectivity index (χ3v) is 5.57. The zero-order chi connectivity index (χ0) is 19.2. The second-order valence-electron chi connectivity index (χ2n) is 6.75. The largest absolute Gasteiger partial charge is 0.418 e. The number of nitrogens with two attached hydrogens (primary N) is 1. The van der Waals surface area contributed by atoms with Crippen LogP contribution >= 0.6 is 11.6 Å². The van der Waals surface area contributed by atoms with E-state index in [1.807, 2.05) is 0 Å². The Balaban J connectivity index is 2.15. The van der Waals surface area contributed by atoms with E-state index in [0.29, 0.717) is 18.9 Å². The fourth-order valence-corrected chi connectivity index (χ4v) is 4.45. The lowest BCUT2D eigenvalue weighted by Crippen LogP contribution is -2.45. The van der Waals surface area contributed by atoms with Gasteiger partial charge in [0.15, 0.2) is 0 Å². The standard InChI is InChI=1S/C16H17ClF3N3O3/c17-10-7-12(13(23(25)26)6-9(10)16(18,19)20)22-11-4-2-1-3-8(11)5-14(22)15(21)24/h6-8,11,14H,1-5H2,(H2,21,24)/t8-,11+,14+/m1/s1. The number of amides is 1. The lowest BCUT2D eigenvalue weighted by molar-refractivity contribution is -0.384. The number of nitro groups is 1. The SMILES string of the molecule is NC(=O)[C@@H]1C[C@H]2CCCC[C@@H]2N1c1cc(Cl)c(C(F)(F)F)cc1[N+](=O)[O-]. The first-order valence-corrected chi connectivity index (χ1v) is 8.62. The van der Waals surface area contributed by atoms with Gasteiger partial charge in [0.2, 0.25) is 5.91 Å². The van der Waals surface area contributed by atoms with Crippen molar-refractivity contribution < 1.29 is 22.9 Å². The summed E-state index contributed by atoms with van der Waals surface area (Å²) in [5.41, 5.74) is 3.41. The van der Waals surface area contributed by atoms with E-state index in [1.54, 1.807) is 0 Å². The van der Waals surface area contributed by atoms with E-state index in [1.165, 1.54) is 4.90 Å². The number of carbonyl (C=O) groups is 1. The van der Waals surface area contributed by atoms with Crippen LogP contribution in [0, 0.1) is 16.0 Å². The van der Waals surface area contributed by atoms with Crippen LogP contribution in [0.2, 0.25) is 5.02 Å². The Kier molecular flexibility index (Phi) is 4.76. The smallest absolute Gasteiger partial charge is 0.368 e. The van der Waals surface area contributed by atoms with E-state index < -0.39 is 39.3 Å². The molecular formula is C16H17ClF3N3O3. The first-order chi connectivity index (χ1) is 12.1. The average molecular weight is 392 g/mol. The second kappa shape index (κ2) is 6.61. The van der Waals surface area contributed by atoms with Crippen molar-refractivity contribution in [3.05, 3.63) is 32.8 Å². The van der Waals surface area contributed by atoms with Crippen LogP contribution in [0.5, 0.6) is 0 Å². The molecule has 2 N–H and O–H groups in total. The van der Waals surface area contributed by atoms with Crippen LogP contribution in [0.25, 0.3) is 0 Å². The van der Waals surface area contributed by atoms with Crippen LogP contribution in [0.3, 0.4) is 0 Å². The monoisotopic (exact) mass is 391 g/mol.